The maximum absolute atomic E-state index is 12.3. The lowest BCUT2D eigenvalue weighted by molar-refractivity contribution is 0.0925. The van der Waals surface area contributed by atoms with E-state index in [0.29, 0.717) is 16.1 Å². The van der Waals surface area contributed by atoms with Gasteiger partial charge in [0, 0.05) is 10.4 Å². The Morgan fingerprint density at radius 2 is 1.75 bits per heavy atom. The van der Waals surface area contributed by atoms with E-state index in [2.05, 4.69) is 10.6 Å². The number of carbonyl (C=O) groups is 3. The van der Waals surface area contributed by atoms with E-state index in [1.54, 1.807) is 38.1 Å². The molecule has 0 aliphatic heterocycles. The monoisotopic (exact) mass is 346 g/mol. The second-order valence-corrected chi connectivity index (χ2v) is 6.21. The number of carbonyl (C=O) groups excluding carboxylic acids is 3. The third-order valence-corrected chi connectivity index (χ3v) is 4.49. The zero-order valence-electron chi connectivity index (χ0n) is 13.6. The summed E-state index contributed by atoms with van der Waals surface area (Å²) in [6.45, 7) is 5.43. The molecule has 2 N–H and O–H groups in total. The summed E-state index contributed by atoms with van der Waals surface area (Å²) in [7, 11) is 0. The fraction of sp³-hybridized carbons (Fsp3) is 0.235. The first-order valence-corrected chi connectivity index (χ1v) is 8.20. The molecule has 3 amide bonds. The van der Waals surface area contributed by atoms with Gasteiger partial charge in [-0.1, -0.05) is 18.2 Å². The van der Waals surface area contributed by atoms with Crippen molar-refractivity contribution in [3.05, 3.63) is 51.9 Å². The molecule has 0 aliphatic rings. The number of hydrogen-bond donors (Lipinski definition) is 2. The number of hydrogen-bond acceptors (Lipinski definition) is 5. The highest BCUT2D eigenvalue weighted by atomic mass is 32.1. The van der Waals surface area contributed by atoms with Gasteiger partial charge in [0.15, 0.2) is 0 Å². The van der Waals surface area contributed by atoms with Gasteiger partial charge >= 0.3 is 6.09 Å². The van der Waals surface area contributed by atoms with E-state index in [1.807, 2.05) is 13.0 Å². The summed E-state index contributed by atoms with van der Waals surface area (Å²) >= 11 is 1.29. The molecule has 0 spiro atoms. The molecular formula is C17H18N2O4S. The molecule has 0 unspecified atom stereocenters. The molecule has 0 saturated heterocycles. The number of nitrogens with one attached hydrogen (secondary N) is 2. The summed E-state index contributed by atoms with van der Waals surface area (Å²) in [5, 5.41) is 5.30. The maximum Gasteiger partial charge on any atom is 0.414 e. The summed E-state index contributed by atoms with van der Waals surface area (Å²) in [6.07, 6.45) is -0.814. The molecule has 0 saturated carbocycles. The molecule has 1 aromatic carbocycles. The van der Waals surface area contributed by atoms with E-state index >= 15 is 0 Å². The Bertz CT molecular complexity index is 768. The molecule has 2 aromatic rings. The number of alkyl carbamates (subject to hydrolysis) is 1. The van der Waals surface area contributed by atoms with E-state index in [-0.39, 0.29) is 18.1 Å². The molecule has 0 radical (unpaired) electrons. The summed E-state index contributed by atoms with van der Waals surface area (Å²) in [5.74, 6) is -0.916. The highest BCUT2D eigenvalue weighted by Gasteiger charge is 2.23. The van der Waals surface area contributed by atoms with E-state index in [1.165, 1.54) is 11.3 Å². The number of benzene rings is 1. The van der Waals surface area contributed by atoms with E-state index in [4.69, 9.17) is 4.74 Å². The molecule has 0 bridgehead atoms. The van der Waals surface area contributed by atoms with Crippen molar-refractivity contribution in [2.24, 2.45) is 0 Å². The molecule has 2 rings (SSSR count). The van der Waals surface area contributed by atoms with E-state index < -0.39 is 12.0 Å². The van der Waals surface area contributed by atoms with Crippen LogP contribution < -0.4 is 10.6 Å². The van der Waals surface area contributed by atoms with Gasteiger partial charge < -0.3 is 10.1 Å². The van der Waals surface area contributed by atoms with Gasteiger partial charge in [-0.2, -0.15) is 0 Å². The average molecular weight is 346 g/mol. The van der Waals surface area contributed by atoms with Gasteiger partial charge in [0.25, 0.3) is 11.8 Å². The molecule has 24 heavy (non-hydrogen) atoms. The minimum atomic E-state index is -0.814. The van der Waals surface area contributed by atoms with E-state index in [9.17, 15) is 14.4 Å². The van der Waals surface area contributed by atoms with Crippen LogP contribution in [0, 0.1) is 13.8 Å². The lowest BCUT2D eigenvalue weighted by atomic mass is 10.1. The van der Waals surface area contributed by atoms with Crippen molar-refractivity contribution in [2.45, 2.75) is 20.8 Å². The van der Waals surface area contributed by atoms with Crippen LogP contribution in [0.2, 0.25) is 0 Å². The van der Waals surface area contributed by atoms with Crippen LogP contribution in [0.1, 0.15) is 38.1 Å². The van der Waals surface area contributed by atoms with Crippen molar-refractivity contribution < 1.29 is 19.1 Å². The van der Waals surface area contributed by atoms with Gasteiger partial charge in [-0.25, -0.2) is 4.79 Å². The standard InChI is InChI=1S/C17H18N2O4S/c1-4-23-17(22)19-15(21)13-10(2)11(3)24-16(13)18-14(20)12-8-6-5-7-9-12/h5-9H,4H2,1-3H3,(H,18,20)(H,19,21,22). The molecule has 0 fully saturated rings. The highest BCUT2D eigenvalue weighted by molar-refractivity contribution is 7.16. The van der Waals surface area contributed by atoms with Gasteiger partial charge in [0.1, 0.15) is 5.00 Å². The molecule has 1 heterocycles. The molecule has 7 heteroatoms. The Balaban J connectivity index is 2.25. The van der Waals surface area contributed by atoms with Crippen molar-refractivity contribution in [1.82, 2.24) is 5.32 Å². The minimum Gasteiger partial charge on any atom is -0.450 e. The van der Waals surface area contributed by atoms with Crippen molar-refractivity contribution in [1.29, 1.82) is 0 Å². The largest absolute Gasteiger partial charge is 0.450 e. The molecule has 0 atom stereocenters. The molecule has 1 aromatic heterocycles. The third-order valence-electron chi connectivity index (χ3n) is 3.37. The molecule has 6 nitrogen and oxygen atoms in total. The van der Waals surface area contributed by atoms with Crippen LogP contribution in [0.4, 0.5) is 9.80 Å². The summed E-state index contributed by atoms with van der Waals surface area (Å²) in [6, 6.07) is 8.69. The quantitative estimate of drug-likeness (QED) is 0.887. The maximum atomic E-state index is 12.3. The predicted molar refractivity (Wildman–Crippen MR) is 92.7 cm³/mol. The van der Waals surface area contributed by atoms with Crippen LogP contribution in [0.3, 0.4) is 0 Å². The Morgan fingerprint density at radius 3 is 2.38 bits per heavy atom. The van der Waals surface area contributed by atoms with Gasteiger partial charge in [-0.15, -0.1) is 11.3 Å². The number of ether oxygens (including phenoxy) is 1. The minimum absolute atomic E-state index is 0.165. The molecular weight excluding hydrogens is 328 g/mol. The van der Waals surface area contributed by atoms with Gasteiger partial charge in [0.05, 0.1) is 12.2 Å². The topological polar surface area (TPSA) is 84.5 Å². The Morgan fingerprint density at radius 1 is 1.08 bits per heavy atom. The van der Waals surface area contributed by atoms with Crippen LogP contribution in [-0.2, 0) is 4.74 Å². The Hall–Kier alpha value is -2.67. The summed E-state index contributed by atoms with van der Waals surface area (Å²) in [5.41, 5.74) is 1.47. The first-order valence-electron chi connectivity index (χ1n) is 7.38. The van der Waals surface area contributed by atoms with Crippen molar-refractivity contribution in [3.8, 4) is 0 Å². The summed E-state index contributed by atoms with van der Waals surface area (Å²) in [4.78, 5) is 37.0. The number of thiophene rings is 1. The lowest BCUT2D eigenvalue weighted by Gasteiger charge is -2.08. The van der Waals surface area contributed by atoms with Crippen LogP contribution in [-0.4, -0.2) is 24.5 Å². The van der Waals surface area contributed by atoms with E-state index in [0.717, 1.165) is 4.88 Å². The normalized spacial score (nSPS) is 10.1. The number of rotatable bonds is 4. The predicted octanol–water partition coefficient (Wildman–Crippen LogP) is 3.50. The zero-order valence-corrected chi connectivity index (χ0v) is 14.5. The Kier molecular flexibility index (Phi) is 5.70. The number of amides is 3. The average Bonchev–Trinajstić information content (AvgIpc) is 2.82. The van der Waals surface area contributed by atoms with Gasteiger partial charge in [0.2, 0.25) is 0 Å². The first kappa shape index (κ1) is 17.7. The smallest absolute Gasteiger partial charge is 0.414 e. The number of aryl methyl sites for hydroxylation is 1. The first-order chi connectivity index (χ1) is 11.4. The SMILES string of the molecule is CCOC(=O)NC(=O)c1c(NC(=O)c2ccccc2)sc(C)c1C. The fourth-order valence-electron chi connectivity index (χ4n) is 2.08. The lowest BCUT2D eigenvalue weighted by Crippen LogP contribution is -2.31. The van der Waals surface area contributed by atoms with Crippen LogP contribution >= 0.6 is 11.3 Å². The van der Waals surface area contributed by atoms with Crippen LogP contribution in [0.5, 0.6) is 0 Å². The van der Waals surface area contributed by atoms with Crippen molar-refractivity contribution >= 4 is 34.2 Å². The van der Waals surface area contributed by atoms with Crippen molar-refractivity contribution in [3.63, 3.8) is 0 Å². The molecule has 0 aliphatic carbocycles. The highest BCUT2D eigenvalue weighted by Crippen LogP contribution is 2.32. The summed E-state index contributed by atoms with van der Waals surface area (Å²) < 4.78 is 4.72. The third kappa shape index (κ3) is 3.99. The van der Waals surface area contributed by atoms with Crippen LogP contribution in [0.25, 0.3) is 0 Å². The second-order valence-electron chi connectivity index (χ2n) is 4.98. The Labute approximate surface area is 143 Å². The van der Waals surface area contributed by atoms with Crippen LogP contribution in [0.15, 0.2) is 30.3 Å². The fourth-order valence-corrected chi connectivity index (χ4v) is 3.13. The van der Waals surface area contributed by atoms with Gasteiger partial charge in [-0.3, -0.25) is 14.9 Å². The molecule has 126 valence electrons. The van der Waals surface area contributed by atoms with Crippen molar-refractivity contribution in [2.75, 3.05) is 11.9 Å². The second kappa shape index (κ2) is 7.74. The number of imide groups is 1. The number of anilines is 1. The van der Waals surface area contributed by atoms with Gasteiger partial charge in [-0.05, 0) is 38.5 Å². The zero-order chi connectivity index (χ0) is 17.7.